The second-order valence-electron chi connectivity index (χ2n) is 7.74. The first kappa shape index (κ1) is 24.3. The molecule has 2 aromatic rings. The lowest BCUT2D eigenvalue weighted by Gasteiger charge is -2.34. The minimum Gasteiger partial charge on any atom is -0.497 e. The molecule has 0 saturated heterocycles. The van der Waals surface area contributed by atoms with Gasteiger partial charge in [0, 0.05) is 24.5 Å². The van der Waals surface area contributed by atoms with Crippen molar-refractivity contribution in [2.24, 2.45) is 0 Å². The molecule has 1 aromatic heterocycles. The number of carbonyl (C=O) groups excluding carboxylic acids is 2. The first-order chi connectivity index (χ1) is 15.8. The Morgan fingerprint density at radius 1 is 1.06 bits per heavy atom. The first-order valence-electron chi connectivity index (χ1n) is 10.6. The highest BCUT2D eigenvalue weighted by molar-refractivity contribution is 6.04. The number of nitrogens with one attached hydrogen (secondary N) is 1. The minimum atomic E-state index is -5.23. The van der Waals surface area contributed by atoms with Gasteiger partial charge >= 0.3 is 12.1 Å². The number of hydrogen-bond donors (Lipinski definition) is 1. The van der Waals surface area contributed by atoms with E-state index in [2.05, 4.69) is 10.3 Å². The molecule has 1 heterocycles. The van der Waals surface area contributed by atoms with E-state index in [4.69, 9.17) is 9.47 Å². The molecule has 1 aliphatic carbocycles. The van der Waals surface area contributed by atoms with Crippen molar-refractivity contribution in [2.75, 3.05) is 19.1 Å². The van der Waals surface area contributed by atoms with Gasteiger partial charge in [-0.25, -0.2) is 0 Å². The number of pyridine rings is 1. The molecule has 1 fully saturated rings. The summed E-state index contributed by atoms with van der Waals surface area (Å²) in [5.41, 5.74) is -0.0185. The van der Waals surface area contributed by atoms with E-state index < -0.39 is 24.0 Å². The summed E-state index contributed by atoms with van der Waals surface area (Å²) in [5, 5.41) is 2.85. The van der Waals surface area contributed by atoms with Crippen LogP contribution in [0.5, 0.6) is 11.5 Å². The zero-order chi connectivity index (χ0) is 24.0. The summed E-state index contributed by atoms with van der Waals surface area (Å²) < 4.78 is 51.7. The average molecular weight is 465 g/mol. The summed E-state index contributed by atoms with van der Waals surface area (Å²) in [6.07, 6.45) is 1.82. The van der Waals surface area contributed by atoms with E-state index in [0.717, 1.165) is 32.1 Å². The zero-order valence-electron chi connectivity index (χ0n) is 18.4. The van der Waals surface area contributed by atoms with E-state index in [9.17, 15) is 22.8 Å². The van der Waals surface area contributed by atoms with Crippen LogP contribution in [0.4, 0.5) is 18.9 Å². The SMILES string of the molecule is COc1ccc(N(C(=O)C(F)(F)F)[C@@H](C(=O)NC2CCCCC2)c2ccncc2)c(OC)c1. The average Bonchev–Trinajstić information content (AvgIpc) is 2.82. The van der Waals surface area contributed by atoms with Gasteiger partial charge in [0.1, 0.15) is 17.5 Å². The molecule has 1 aliphatic rings. The third-order valence-corrected chi connectivity index (χ3v) is 5.59. The second kappa shape index (κ2) is 10.5. The fraction of sp³-hybridized carbons (Fsp3) is 0.435. The van der Waals surface area contributed by atoms with Gasteiger partial charge in [-0.1, -0.05) is 19.3 Å². The number of anilines is 1. The van der Waals surface area contributed by atoms with Crippen LogP contribution in [0.15, 0.2) is 42.7 Å². The molecule has 0 bridgehead atoms. The highest BCUT2D eigenvalue weighted by Gasteiger charge is 2.48. The van der Waals surface area contributed by atoms with Crippen LogP contribution < -0.4 is 19.7 Å². The number of alkyl halides is 3. The Morgan fingerprint density at radius 2 is 1.73 bits per heavy atom. The van der Waals surface area contributed by atoms with Crippen LogP contribution in [-0.4, -0.2) is 43.2 Å². The van der Waals surface area contributed by atoms with Gasteiger partial charge in [0.2, 0.25) is 5.91 Å². The number of rotatable bonds is 7. The van der Waals surface area contributed by atoms with E-state index in [1.807, 2.05) is 0 Å². The summed E-state index contributed by atoms with van der Waals surface area (Å²) in [5.74, 6) is -2.62. The Balaban J connectivity index is 2.13. The first-order valence-corrected chi connectivity index (χ1v) is 10.6. The summed E-state index contributed by atoms with van der Waals surface area (Å²) >= 11 is 0. The number of halogens is 3. The van der Waals surface area contributed by atoms with Crippen molar-refractivity contribution in [2.45, 2.75) is 50.4 Å². The molecular weight excluding hydrogens is 439 g/mol. The molecule has 0 aliphatic heterocycles. The second-order valence-corrected chi connectivity index (χ2v) is 7.74. The maximum atomic E-state index is 13.8. The number of nitrogens with zero attached hydrogens (tertiary/aromatic N) is 2. The summed E-state index contributed by atoms with van der Waals surface area (Å²) in [4.78, 5) is 30.5. The Hall–Kier alpha value is -3.30. The van der Waals surface area contributed by atoms with Crippen molar-refractivity contribution in [3.05, 3.63) is 48.3 Å². The molecular formula is C23H26F3N3O4. The molecule has 7 nitrogen and oxygen atoms in total. The predicted molar refractivity (Wildman–Crippen MR) is 115 cm³/mol. The third-order valence-electron chi connectivity index (χ3n) is 5.59. The number of hydrogen-bond acceptors (Lipinski definition) is 5. The van der Waals surface area contributed by atoms with E-state index in [0.29, 0.717) is 10.6 Å². The van der Waals surface area contributed by atoms with Crippen LogP contribution in [0.1, 0.15) is 43.7 Å². The standard InChI is InChI=1S/C23H26F3N3O4/c1-32-17-8-9-18(19(14-17)33-2)29(22(31)23(24,25)26)20(15-10-12-27-13-11-15)21(30)28-16-6-4-3-5-7-16/h8-14,16,20H,3-7H2,1-2H3,(H,28,30)/t20-/m1/s1. The number of ether oxygens (including phenoxy) is 2. The zero-order valence-corrected chi connectivity index (χ0v) is 18.4. The van der Waals surface area contributed by atoms with Crippen LogP contribution in [0, 0.1) is 0 Å². The maximum absolute atomic E-state index is 13.8. The maximum Gasteiger partial charge on any atom is 0.471 e. The Kier molecular flexibility index (Phi) is 7.78. The molecule has 1 saturated carbocycles. The fourth-order valence-electron chi connectivity index (χ4n) is 3.98. The van der Waals surface area contributed by atoms with E-state index in [1.165, 1.54) is 56.9 Å². The van der Waals surface area contributed by atoms with Crippen molar-refractivity contribution in [1.82, 2.24) is 10.3 Å². The van der Waals surface area contributed by atoms with Gasteiger partial charge < -0.3 is 14.8 Å². The van der Waals surface area contributed by atoms with Crippen molar-refractivity contribution in [1.29, 1.82) is 0 Å². The lowest BCUT2D eigenvalue weighted by molar-refractivity contribution is -0.171. The summed E-state index contributed by atoms with van der Waals surface area (Å²) in [6, 6.07) is 5.09. The lowest BCUT2D eigenvalue weighted by Crippen LogP contribution is -2.50. The van der Waals surface area contributed by atoms with Crippen LogP contribution in [-0.2, 0) is 9.59 Å². The quantitative estimate of drug-likeness (QED) is 0.664. The highest BCUT2D eigenvalue weighted by atomic mass is 19.4. The minimum absolute atomic E-state index is 0.0449. The Morgan fingerprint density at radius 3 is 2.30 bits per heavy atom. The van der Waals surface area contributed by atoms with Gasteiger partial charge in [0.25, 0.3) is 0 Å². The van der Waals surface area contributed by atoms with Crippen LogP contribution >= 0.6 is 0 Å². The lowest BCUT2D eigenvalue weighted by atomic mass is 9.94. The molecule has 3 rings (SSSR count). The van der Waals surface area contributed by atoms with Crippen LogP contribution in [0.2, 0.25) is 0 Å². The normalized spacial score (nSPS) is 15.4. The molecule has 178 valence electrons. The molecule has 33 heavy (non-hydrogen) atoms. The predicted octanol–water partition coefficient (Wildman–Crippen LogP) is 4.18. The van der Waals surface area contributed by atoms with Crippen molar-refractivity contribution >= 4 is 17.5 Å². The fourth-order valence-corrected chi connectivity index (χ4v) is 3.98. The highest BCUT2D eigenvalue weighted by Crippen LogP contribution is 2.39. The summed E-state index contributed by atoms with van der Waals surface area (Å²) in [6.45, 7) is 0. The van der Waals surface area contributed by atoms with Gasteiger partial charge in [0.05, 0.1) is 19.9 Å². The number of benzene rings is 1. The van der Waals surface area contributed by atoms with E-state index >= 15 is 0 Å². The number of carbonyl (C=O) groups is 2. The van der Waals surface area contributed by atoms with Gasteiger partial charge in [-0.3, -0.25) is 19.5 Å². The molecule has 1 aromatic carbocycles. The van der Waals surface area contributed by atoms with Gasteiger partial charge in [-0.05, 0) is 42.7 Å². The molecule has 0 unspecified atom stereocenters. The number of amides is 2. The molecule has 10 heteroatoms. The molecule has 0 radical (unpaired) electrons. The monoisotopic (exact) mass is 465 g/mol. The topological polar surface area (TPSA) is 80.8 Å². The molecule has 1 atom stereocenters. The summed E-state index contributed by atoms with van der Waals surface area (Å²) in [7, 11) is 2.66. The largest absolute Gasteiger partial charge is 0.497 e. The number of methoxy groups -OCH3 is 2. The molecule has 1 N–H and O–H groups in total. The molecule has 2 amide bonds. The van der Waals surface area contributed by atoms with E-state index in [-0.39, 0.29) is 23.0 Å². The smallest absolute Gasteiger partial charge is 0.471 e. The number of aromatic nitrogens is 1. The van der Waals surface area contributed by atoms with E-state index in [1.54, 1.807) is 0 Å². The van der Waals surface area contributed by atoms with Gasteiger partial charge in [-0.2, -0.15) is 13.2 Å². The van der Waals surface area contributed by atoms with Crippen molar-refractivity contribution in [3.63, 3.8) is 0 Å². The van der Waals surface area contributed by atoms with Crippen molar-refractivity contribution < 1.29 is 32.2 Å². The Labute approximate surface area is 189 Å². The third kappa shape index (κ3) is 5.74. The van der Waals surface area contributed by atoms with Crippen molar-refractivity contribution in [3.8, 4) is 11.5 Å². The van der Waals surface area contributed by atoms with Crippen LogP contribution in [0.25, 0.3) is 0 Å². The van der Waals surface area contributed by atoms with Crippen LogP contribution in [0.3, 0.4) is 0 Å². The Bertz CT molecular complexity index is 963. The van der Waals surface area contributed by atoms with Gasteiger partial charge in [-0.15, -0.1) is 0 Å². The molecule has 0 spiro atoms. The van der Waals surface area contributed by atoms with Gasteiger partial charge in [0.15, 0.2) is 0 Å².